The van der Waals surface area contributed by atoms with E-state index < -0.39 is 0 Å². The van der Waals surface area contributed by atoms with Crippen molar-refractivity contribution in [1.82, 2.24) is 0 Å². The molecule has 4 nitrogen and oxygen atoms in total. The summed E-state index contributed by atoms with van der Waals surface area (Å²) in [6, 6.07) is 75.3. The Morgan fingerprint density at radius 2 is 0.661 bits per heavy atom. The molecular formula is C55H40N4. The van der Waals surface area contributed by atoms with E-state index in [9.17, 15) is 0 Å². The van der Waals surface area contributed by atoms with E-state index >= 15 is 0 Å². The van der Waals surface area contributed by atoms with E-state index in [1.165, 1.54) is 38.7 Å². The minimum absolute atomic E-state index is 0.282. The van der Waals surface area contributed by atoms with Crippen LogP contribution in [0.15, 0.2) is 206 Å². The lowest BCUT2D eigenvalue weighted by Gasteiger charge is -2.41. The van der Waals surface area contributed by atoms with Crippen LogP contribution in [-0.4, -0.2) is 0 Å². The quantitative estimate of drug-likeness (QED) is 0.177. The van der Waals surface area contributed by atoms with Crippen LogP contribution in [-0.2, 0) is 5.41 Å². The van der Waals surface area contributed by atoms with Gasteiger partial charge in [-0.25, -0.2) is 0 Å². The van der Waals surface area contributed by atoms with Gasteiger partial charge in [-0.05, 0) is 119 Å². The van der Waals surface area contributed by atoms with Crippen molar-refractivity contribution in [2.24, 2.45) is 0 Å². The Kier molecular flexibility index (Phi) is 7.24. The molecule has 3 aliphatic rings. The predicted molar refractivity (Wildman–Crippen MR) is 247 cm³/mol. The third-order valence-electron chi connectivity index (χ3n) is 12.6. The van der Waals surface area contributed by atoms with E-state index in [1.807, 2.05) is 0 Å². The van der Waals surface area contributed by atoms with Crippen LogP contribution >= 0.6 is 0 Å². The van der Waals surface area contributed by atoms with Crippen molar-refractivity contribution in [2.45, 2.75) is 19.3 Å². The van der Waals surface area contributed by atoms with Crippen LogP contribution in [0.1, 0.15) is 25.0 Å². The summed E-state index contributed by atoms with van der Waals surface area (Å²) in [6.45, 7) is 4.81. The molecule has 0 amide bonds. The summed E-state index contributed by atoms with van der Waals surface area (Å²) in [6.07, 6.45) is 0. The van der Waals surface area contributed by atoms with Gasteiger partial charge in [-0.2, -0.15) is 0 Å². The normalized spacial score (nSPS) is 14.3. The zero-order chi connectivity index (χ0) is 39.2. The van der Waals surface area contributed by atoms with Crippen molar-refractivity contribution >= 4 is 79.0 Å². The van der Waals surface area contributed by atoms with Gasteiger partial charge in [-0.3, -0.25) is 0 Å². The molecule has 0 N–H and O–H groups in total. The summed E-state index contributed by atoms with van der Waals surface area (Å²) >= 11 is 0. The molecule has 0 unspecified atom stereocenters. The van der Waals surface area contributed by atoms with Crippen molar-refractivity contribution in [3.8, 4) is 11.1 Å². The zero-order valence-corrected chi connectivity index (χ0v) is 32.9. The van der Waals surface area contributed by atoms with Crippen LogP contribution in [0.25, 0.3) is 21.9 Å². The van der Waals surface area contributed by atoms with Crippen LogP contribution in [0, 0.1) is 0 Å². The van der Waals surface area contributed by atoms with Crippen molar-refractivity contribution in [1.29, 1.82) is 0 Å². The summed E-state index contributed by atoms with van der Waals surface area (Å²) in [5.74, 6) is 0. The van der Waals surface area contributed by atoms with Crippen LogP contribution < -0.4 is 19.6 Å². The topological polar surface area (TPSA) is 13.0 Å². The molecule has 2 heterocycles. The lowest BCUT2D eigenvalue weighted by Crippen LogP contribution is -2.25. The Labute approximate surface area is 345 Å². The number of nitrogens with zero attached hydrogens (tertiary/aromatic N) is 4. The van der Waals surface area contributed by atoms with Gasteiger partial charge in [0.1, 0.15) is 0 Å². The summed E-state index contributed by atoms with van der Waals surface area (Å²) < 4.78 is 0. The molecule has 2 aliphatic heterocycles. The Hall–Kier alpha value is -7.56. The summed E-state index contributed by atoms with van der Waals surface area (Å²) in [5.41, 5.74) is 18.9. The molecule has 280 valence electrons. The Morgan fingerprint density at radius 3 is 1.12 bits per heavy atom. The highest BCUT2D eigenvalue weighted by molar-refractivity contribution is 6.13. The Bertz CT molecular complexity index is 3020. The highest BCUT2D eigenvalue weighted by Gasteiger charge is 2.40. The van der Waals surface area contributed by atoms with E-state index in [4.69, 9.17) is 0 Å². The number of rotatable bonds is 4. The fourth-order valence-corrected chi connectivity index (χ4v) is 10.0. The number of fused-ring (bicyclic) bond motifs is 9. The molecule has 0 radical (unpaired) electrons. The summed E-state index contributed by atoms with van der Waals surface area (Å²) in [5, 5.41) is 2.50. The van der Waals surface area contributed by atoms with Gasteiger partial charge in [0, 0.05) is 27.9 Å². The number of anilines is 12. The smallest absolute Gasteiger partial charge is 0.0703 e. The standard InChI is InChI=1S/C55H40N4/c1-55(2)43-35-39(58-47-27-13-11-25-45(47)56(37-19-5-3-6-20-37)46-26-12-14-28-48(46)58)33-34-42(43)54-41-24-10-9-23-40(41)53(36-44(54)55)59-51-31-17-15-29-49(51)57(38-21-7-4-8-22-38)50-30-16-18-32-52(50)59/h3-36H,1-2H3. The Balaban J connectivity index is 1.04. The van der Waals surface area contributed by atoms with E-state index in [-0.39, 0.29) is 5.41 Å². The monoisotopic (exact) mass is 756 g/mol. The molecule has 59 heavy (non-hydrogen) atoms. The summed E-state index contributed by atoms with van der Waals surface area (Å²) in [7, 11) is 0. The number of hydrogen-bond acceptors (Lipinski definition) is 4. The van der Waals surface area contributed by atoms with Crippen LogP contribution in [0.4, 0.5) is 68.2 Å². The van der Waals surface area contributed by atoms with E-state index in [0.717, 1.165) is 62.6 Å². The minimum Gasteiger partial charge on any atom is -0.306 e. The number of benzene rings is 9. The molecule has 0 saturated carbocycles. The fraction of sp³-hybridized carbons (Fsp3) is 0.0545. The lowest BCUT2D eigenvalue weighted by molar-refractivity contribution is 0.661. The first-order valence-corrected chi connectivity index (χ1v) is 20.5. The van der Waals surface area contributed by atoms with Crippen molar-refractivity contribution in [3.63, 3.8) is 0 Å². The maximum atomic E-state index is 2.50. The molecule has 9 aromatic rings. The first-order valence-electron chi connectivity index (χ1n) is 20.5. The zero-order valence-electron chi connectivity index (χ0n) is 32.9. The third kappa shape index (κ3) is 4.84. The number of hydrogen-bond donors (Lipinski definition) is 0. The first kappa shape index (κ1) is 33.6. The Morgan fingerprint density at radius 1 is 0.288 bits per heavy atom. The van der Waals surface area contributed by atoms with Crippen molar-refractivity contribution in [3.05, 3.63) is 217 Å². The van der Waals surface area contributed by atoms with Gasteiger partial charge < -0.3 is 19.6 Å². The molecule has 0 aromatic heterocycles. The van der Waals surface area contributed by atoms with E-state index in [2.05, 4.69) is 240 Å². The van der Waals surface area contributed by atoms with Gasteiger partial charge in [0.2, 0.25) is 0 Å². The summed E-state index contributed by atoms with van der Waals surface area (Å²) in [4.78, 5) is 9.73. The molecule has 0 saturated heterocycles. The lowest BCUT2D eigenvalue weighted by atomic mass is 9.81. The molecular weight excluding hydrogens is 717 g/mol. The molecule has 0 bridgehead atoms. The molecule has 9 aromatic carbocycles. The average Bonchev–Trinajstić information content (AvgIpc) is 3.52. The second-order valence-electron chi connectivity index (χ2n) is 16.2. The molecule has 12 rings (SSSR count). The van der Waals surface area contributed by atoms with Gasteiger partial charge in [-0.15, -0.1) is 0 Å². The van der Waals surface area contributed by atoms with Crippen LogP contribution in [0.3, 0.4) is 0 Å². The highest BCUT2D eigenvalue weighted by Crippen LogP contribution is 2.60. The maximum absolute atomic E-state index is 2.50. The van der Waals surface area contributed by atoms with Gasteiger partial charge in [0.15, 0.2) is 0 Å². The van der Waals surface area contributed by atoms with Gasteiger partial charge in [0.05, 0.1) is 51.2 Å². The molecule has 1 aliphatic carbocycles. The SMILES string of the molecule is CC1(C)c2cc(N3c4ccccc4N(c4ccccc4)c4ccccc43)ccc2-c2c1cc(N1c3ccccc3N(c3ccccc3)c3ccccc31)c1ccccc21. The van der Waals surface area contributed by atoms with Gasteiger partial charge >= 0.3 is 0 Å². The van der Waals surface area contributed by atoms with Crippen LogP contribution in [0.2, 0.25) is 0 Å². The van der Waals surface area contributed by atoms with Gasteiger partial charge in [0.25, 0.3) is 0 Å². The fourth-order valence-electron chi connectivity index (χ4n) is 10.0. The molecule has 0 atom stereocenters. The van der Waals surface area contributed by atoms with E-state index in [0.29, 0.717) is 0 Å². The first-order chi connectivity index (χ1) is 29.1. The van der Waals surface area contributed by atoms with Gasteiger partial charge in [-0.1, -0.05) is 129 Å². The van der Waals surface area contributed by atoms with Crippen LogP contribution in [0.5, 0.6) is 0 Å². The third-order valence-corrected chi connectivity index (χ3v) is 12.6. The van der Waals surface area contributed by atoms with Crippen molar-refractivity contribution in [2.75, 3.05) is 19.6 Å². The molecule has 0 fully saturated rings. The molecule has 0 spiro atoms. The largest absolute Gasteiger partial charge is 0.306 e. The number of para-hydroxylation sites is 10. The second-order valence-corrected chi connectivity index (χ2v) is 16.2. The maximum Gasteiger partial charge on any atom is 0.0703 e. The average molecular weight is 757 g/mol. The van der Waals surface area contributed by atoms with E-state index in [1.54, 1.807) is 0 Å². The predicted octanol–water partition coefficient (Wildman–Crippen LogP) is 15.7. The molecule has 4 heteroatoms. The highest BCUT2D eigenvalue weighted by atomic mass is 15.3. The minimum atomic E-state index is -0.282. The van der Waals surface area contributed by atoms with Crippen molar-refractivity contribution < 1.29 is 0 Å². The second kappa shape index (κ2) is 12.7.